The average molecular weight is 644 g/mol. The number of halogens is 6. The lowest BCUT2D eigenvalue weighted by Crippen LogP contribution is -2.41. The maximum atomic E-state index is 13.9. The molecular formula is C31H35F6N3O3S. The van der Waals surface area contributed by atoms with Gasteiger partial charge in [0.05, 0.1) is 41.7 Å². The van der Waals surface area contributed by atoms with E-state index in [1.807, 2.05) is 30.3 Å². The molecule has 0 spiro atoms. The molecule has 6 nitrogen and oxygen atoms in total. The molecule has 1 atom stereocenters. The zero-order valence-electron chi connectivity index (χ0n) is 24.3. The van der Waals surface area contributed by atoms with Gasteiger partial charge >= 0.3 is 18.3 Å². The first kappa shape index (κ1) is 33.9. The molecule has 4 rings (SSSR count). The summed E-state index contributed by atoms with van der Waals surface area (Å²) in [5.41, 5.74) is -2.91. The highest BCUT2D eigenvalue weighted by Gasteiger charge is 2.41. The first-order valence-electron chi connectivity index (χ1n) is 14.4. The summed E-state index contributed by atoms with van der Waals surface area (Å²) in [6.07, 6.45) is -4.19. The predicted octanol–water partition coefficient (Wildman–Crippen LogP) is 7.27. The van der Waals surface area contributed by atoms with E-state index >= 15 is 0 Å². The number of carboxylic acids is 1. The van der Waals surface area contributed by atoms with Crippen LogP contribution in [-0.4, -0.2) is 71.7 Å². The van der Waals surface area contributed by atoms with Crippen molar-refractivity contribution in [3.05, 3.63) is 82.1 Å². The molecule has 240 valence electrons. The van der Waals surface area contributed by atoms with Gasteiger partial charge in [-0.1, -0.05) is 48.5 Å². The van der Waals surface area contributed by atoms with Crippen molar-refractivity contribution in [3.63, 3.8) is 0 Å². The van der Waals surface area contributed by atoms with Gasteiger partial charge < -0.3 is 19.6 Å². The Morgan fingerprint density at radius 2 is 1.61 bits per heavy atom. The van der Waals surface area contributed by atoms with Crippen molar-refractivity contribution in [1.82, 2.24) is 9.80 Å². The number of aryl methyl sites for hydroxylation is 1. The fourth-order valence-electron chi connectivity index (χ4n) is 5.53. The SMILES string of the molecule is CSC1=NC(COCCN2CCCCC2)=C(C(=O)O)C(c2cc(C(F)(F)F)cc(C(F)(F)F)c2)N1CCCc1ccccc1. The van der Waals surface area contributed by atoms with Gasteiger partial charge in [-0.3, -0.25) is 0 Å². The molecule has 2 heterocycles. The number of carbonyl (C=O) groups is 1. The van der Waals surface area contributed by atoms with Gasteiger partial charge in [0.2, 0.25) is 0 Å². The van der Waals surface area contributed by atoms with Crippen LogP contribution in [0.15, 0.2) is 64.8 Å². The Morgan fingerprint density at radius 1 is 0.977 bits per heavy atom. The minimum atomic E-state index is -5.09. The second-order valence-corrected chi connectivity index (χ2v) is 11.5. The summed E-state index contributed by atoms with van der Waals surface area (Å²) in [5, 5.41) is 10.7. The highest BCUT2D eigenvalue weighted by molar-refractivity contribution is 8.13. The van der Waals surface area contributed by atoms with Crippen LogP contribution in [-0.2, 0) is 28.3 Å². The van der Waals surface area contributed by atoms with Crippen molar-refractivity contribution in [2.75, 3.05) is 45.6 Å². The summed E-state index contributed by atoms with van der Waals surface area (Å²) >= 11 is 1.14. The van der Waals surface area contributed by atoms with E-state index in [2.05, 4.69) is 9.89 Å². The van der Waals surface area contributed by atoms with E-state index in [0.717, 1.165) is 49.7 Å². The van der Waals surface area contributed by atoms with Gasteiger partial charge in [0, 0.05) is 13.1 Å². The minimum Gasteiger partial charge on any atom is -0.478 e. The topological polar surface area (TPSA) is 65.4 Å². The predicted molar refractivity (Wildman–Crippen MR) is 157 cm³/mol. The van der Waals surface area contributed by atoms with E-state index in [-0.39, 0.29) is 36.7 Å². The van der Waals surface area contributed by atoms with E-state index < -0.39 is 46.6 Å². The Labute approximate surface area is 256 Å². The summed E-state index contributed by atoms with van der Waals surface area (Å²) in [5.74, 6) is -1.49. The number of nitrogens with zero attached hydrogens (tertiary/aromatic N) is 3. The van der Waals surface area contributed by atoms with Crippen molar-refractivity contribution in [2.45, 2.75) is 50.5 Å². The number of amidine groups is 1. The zero-order valence-corrected chi connectivity index (χ0v) is 25.1. The van der Waals surface area contributed by atoms with Gasteiger partial charge in [-0.25, -0.2) is 9.79 Å². The Bertz CT molecular complexity index is 1310. The fourth-order valence-corrected chi connectivity index (χ4v) is 6.16. The number of hydrogen-bond donors (Lipinski definition) is 1. The van der Waals surface area contributed by atoms with Crippen LogP contribution in [0.2, 0.25) is 0 Å². The Kier molecular flexibility index (Phi) is 11.4. The van der Waals surface area contributed by atoms with Crippen LogP contribution in [0.5, 0.6) is 0 Å². The molecule has 2 aromatic carbocycles. The number of aliphatic carboxylic acids is 1. The lowest BCUT2D eigenvalue weighted by Gasteiger charge is -2.38. The molecule has 1 saturated heterocycles. The zero-order chi connectivity index (χ0) is 31.9. The van der Waals surface area contributed by atoms with Crippen molar-refractivity contribution < 1.29 is 41.0 Å². The van der Waals surface area contributed by atoms with E-state index in [4.69, 9.17) is 4.74 Å². The van der Waals surface area contributed by atoms with Gasteiger partial charge in [0.1, 0.15) is 0 Å². The van der Waals surface area contributed by atoms with Crippen LogP contribution in [0.4, 0.5) is 26.3 Å². The molecule has 1 fully saturated rings. The Morgan fingerprint density at radius 3 is 2.18 bits per heavy atom. The van der Waals surface area contributed by atoms with Gasteiger partial charge in [-0.15, -0.1) is 0 Å². The molecule has 44 heavy (non-hydrogen) atoms. The summed E-state index contributed by atoms with van der Waals surface area (Å²) in [6.45, 7) is 2.63. The summed E-state index contributed by atoms with van der Waals surface area (Å²) in [6, 6.07) is 9.17. The van der Waals surface area contributed by atoms with Crippen LogP contribution >= 0.6 is 11.8 Å². The van der Waals surface area contributed by atoms with E-state index in [0.29, 0.717) is 31.5 Å². The molecule has 0 amide bonds. The fraction of sp³-hybridized carbons (Fsp3) is 0.484. The number of rotatable bonds is 11. The van der Waals surface area contributed by atoms with Gasteiger partial charge in [-0.05, 0) is 74.4 Å². The Balaban J connectivity index is 1.73. The second-order valence-electron chi connectivity index (χ2n) is 10.7. The smallest absolute Gasteiger partial charge is 0.416 e. The molecule has 0 aromatic heterocycles. The summed E-state index contributed by atoms with van der Waals surface area (Å²) in [4.78, 5) is 21.0. The van der Waals surface area contributed by atoms with Crippen molar-refractivity contribution in [3.8, 4) is 0 Å². The molecule has 2 aliphatic rings. The van der Waals surface area contributed by atoms with Crippen LogP contribution in [0.1, 0.15) is 54.0 Å². The highest BCUT2D eigenvalue weighted by atomic mass is 32.2. The molecule has 0 aliphatic carbocycles. The van der Waals surface area contributed by atoms with Crippen LogP contribution in [0, 0.1) is 0 Å². The van der Waals surface area contributed by atoms with Crippen LogP contribution in [0.3, 0.4) is 0 Å². The molecule has 0 bridgehead atoms. The lowest BCUT2D eigenvalue weighted by molar-refractivity contribution is -0.143. The molecule has 1 N–H and O–H groups in total. The molecule has 2 aromatic rings. The third-order valence-corrected chi connectivity index (χ3v) is 8.35. The van der Waals surface area contributed by atoms with E-state index in [9.17, 15) is 36.2 Å². The number of carboxylic acid groups (broad SMARTS) is 1. The minimum absolute atomic E-state index is 0.0317. The maximum absolute atomic E-state index is 13.9. The lowest BCUT2D eigenvalue weighted by atomic mass is 9.91. The van der Waals surface area contributed by atoms with Gasteiger partial charge in [0.25, 0.3) is 0 Å². The monoisotopic (exact) mass is 643 g/mol. The third-order valence-electron chi connectivity index (χ3n) is 7.66. The molecule has 0 saturated carbocycles. The number of ether oxygens (including phenoxy) is 1. The van der Waals surface area contributed by atoms with E-state index in [1.165, 1.54) is 4.90 Å². The number of aliphatic imine (C=N–C) groups is 1. The standard InChI is InChI=1S/C31H35F6N3O3S/c1-44-29-38-25(20-43-16-15-39-12-6-3-7-13-39)26(28(41)42)27(40(29)14-8-11-21-9-4-2-5-10-21)22-17-23(30(32,33)34)19-24(18-22)31(35,36)37/h2,4-5,9-10,17-19,27H,3,6-8,11-16,20H2,1H3,(H,41,42). The largest absolute Gasteiger partial charge is 0.478 e. The maximum Gasteiger partial charge on any atom is 0.416 e. The van der Waals surface area contributed by atoms with E-state index in [1.54, 1.807) is 6.26 Å². The third kappa shape index (κ3) is 8.79. The molecular weight excluding hydrogens is 608 g/mol. The number of alkyl halides is 6. The Hall–Kier alpha value is -3.03. The summed E-state index contributed by atoms with van der Waals surface area (Å²) in [7, 11) is 0. The van der Waals surface area contributed by atoms with Gasteiger partial charge in [-0.2, -0.15) is 26.3 Å². The number of thioether (sulfide) groups is 1. The number of piperidine rings is 1. The molecule has 0 radical (unpaired) electrons. The van der Waals surface area contributed by atoms with Crippen LogP contribution in [0.25, 0.3) is 0 Å². The molecule has 2 aliphatic heterocycles. The quantitative estimate of drug-likeness (QED) is 0.205. The first-order chi connectivity index (χ1) is 20.9. The van der Waals surface area contributed by atoms with Crippen molar-refractivity contribution in [2.24, 2.45) is 4.99 Å². The highest BCUT2D eigenvalue weighted by Crippen LogP contribution is 2.43. The number of benzene rings is 2. The number of likely N-dealkylation sites (tertiary alicyclic amines) is 1. The second kappa shape index (κ2) is 14.8. The summed E-state index contributed by atoms with van der Waals surface area (Å²) < 4.78 is 89.0. The van der Waals surface area contributed by atoms with Crippen molar-refractivity contribution >= 4 is 22.9 Å². The molecule has 1 unspecified atom stereocenters. The molecule has 13 heteroatoms. The van der Waals surface area contributed by atoms with Crippen molar-refractivity contribution in [1.29, 1.82) is 0 Å². The number of hydrogen-bond acceptors (Lipinski definition) is 6. The normalized spacial score (nSPS) is 18.5. The average Bonchev–Trinajstić information content (AvgIpc) is 2.99. The van der Waals surface area contributed by atoms with Crippen LogP contribution < -0.4 is 0 Å². The first-order valence-corrected chi connectivity index (χ1v) is 15.6. The van der Waals surface area contributed by atoms with Gasteiger partial charge in [0.15, 0.2) is 5.17 Å².